The van der Waals surface area contributed by atoms with Crippen LogP contribution in [0.5, 0.6) is 5.75 Å². The Morgan fingerprint density at radius 3 is 2.89 bits per heavy atom. The molecule has 1 aromatic rings. The maximum absolute atomic E-state index is 5.80. The number of ether oxygens (including phenoxy) is 1. The van der Waals surface area contributed by atoms with Crippen LogP contribution in [0.1, 0.15) is 45.7 Å². The number of pyridine rings is 1. The molecule has 1 atom stereocenters. The molecule has 1 N–H and O–H groups in total. The second-order valence-corrected chi connectivity index (χ2v) is 4.86. The summed E-state index contributed by atoms with van der Waals surface area (Å²) in [5.41, 5.74) is 1.05. The summed E-state index contributed by atoms with van der Waals surface area (Å²) >= 11 is 0. The molecule has 0 radical (unpaired) electrons. The maximum atomic E-state index is 5.80. The monoisotopic (exact) mass is 250 g/mol. The van der Waals surface area contributed by atoms with Crippen molar-refractivity contribution in [2.45, 2.75) is 46.6 Å². The summed E-state index contributed by atoms with van der Waals surface area (Å²) in [5, 5.41) is 3.35. The van der Waals surface area contributed by atoms with E-state index >= 15 is 0 Å². The molecule has 0 aromatic carbocycles. The van der Waals surface area contributed by atoms with Gasteiger partial charge in [-0.3, -0.25) is 4.98 Å². The van der Waals surface area contributed by atoms with Crippen molar-refractivity contribution in [3.63, 3.8) is 0 Å². The van der Waals surface area contributed by atoms with Gasteiger partial charge in [-0.15, -0.1) is 0 Å². The number of nitrogens with zero attached hydrogens (tertiary/aromatic N) is 1. The molecule has 3 nitrogen and oxygen atoms in total. The molecule has 0 fully saturated rings. The molecule has 0 bridgehead atoms. The quantitative estimate of drug-likeness (QED) is 0.682. The minimum absolute atomic E-state index is 0.616. The van der Waals surface area contributed by atoms with E-state index in [0.29, 0.717) is 5.92 Å². The van der Waals surface area contributed by atoms with E-state index in [4.69, 9.17) is 4.74 Å². The number of hydrogen-bond donors (Lipinski definition) is 1. The van der Waals surface area contributed by atoms with Gasteiger partial charge in [-0.05, 0) is 31.4 Å². The Balaban J connectivity index is 2.39. The molecule has 0 saturated carbocycles. The predicted molar refractivity (Wildman–Crippen MR) is 75.8 cm³/mol. The number of nitrogens with one attached hydrogen (secondary N) is 1. The molecule has 0 aliphatic rings. The maximum Gasteiger partial charge on any atom is 0.122 e. The Morgan fingerprint density at radius 1 is 1.33 bits per heavy atom. The summed E-state index contributed by atoms with van der Waals surface area (Å²) in [6, 6.07) is 3.96. The molecule has 0 amide bonds. The zero-order chi connectivity index (χ0) is 13.2. The number of hydrogen-bond acceptors (Lipinski definition) is 3. The number of aromatic nitrogens is 1. The largest absolute Gasteiger partial charge is 0.493 e. The molecule has 102 valence electrons. The minimum Gasteiger partial charge on any atom is -0.493 e. The van der Waals surface area contributed by atoms with Gasteiger partial charge in [-0.2, -0.15) is 0 Å². The van der Waals surface area contributed by atoms with Gasteiger partial charge in [0.15, 0.2) is 0 Å². The molecule has 0 aliphatic heterocycles. The van der Waals surface area contributed by atoms with Crippen molar-refractivity contribution in [2.24, 2.45) is 5.92 Å². The Morgan fingerprint density at radius 2 is 2.17 bits per heavy atom. The molecule has 0 spiro atoms. The van der Waals surface area contributed by atoms with E-state index in [-0.39, 0.29) is 0 Å². The van der Waals surface area contributed by atoms with Crippen molar-refractivity contribution in [3.05, 3.63) is 24.0 Å². The molecule has 0 aliphatic carbocycles. The summed E-state index contributed by atoms with van der Waals surface area (Å²) in [5.74, 6) is 1.55. The molecule has 18 heavy (non-hydrogen) atoms. The zero-order valence-electron chi connectivity index (χ0n) is 11.9. The molecule has 3 heteroatoms. The average Bonchev–Trinajstić information content (AvgIpc) is 2.38. The molecular weight excluding hydrogens is 224 g/mol. The van der Waals surface area contributed by atoms with E-state index in [1.54, 1.807) is 0 Å². The number of rotatable bonds is 9. The van der Waals surface area contributed by atoms with E-state index < -0.39 is 0 Å². The van der Waals surface area contributed by atoms with E-state index in [1.807, 2.05) is 18.3 Å². The SMILES string of the molecule is CCCNCc1cc(OCC(C)CCC)ccn1. The highest BCUT2D eigenvalue weighted by atomic mass is 16.5. The van der Waals surface area contributed by atoms with Gasteiger partial charge in [0.25, 0.3) is 0 Å². The fourth-order valence-electron chi connectivity index (χ4n) is 1.85. The lowest BCUT2D eigenvalue weighted by molar-refractivity contribution is 0.251. The normalized spacial score (nSPS) is 12.4. The van der Waals surface area contributed by atoms with Gasteiger partial charge in [0.2, 0.25) is 0 Å². The summed E-state index contributed by atoms with van der Waals surface area (Å²) in [7, 11) is 0. The third-order valence-corrected chi connectivity index (χ3v) is 2.84. The average molecular weight is 250 g/mol. The highest BCUT2D eigenvalue weighted by Gasteiger charge is 2.03. The van der Waals surface area contributed by atoms with Crippen LogP contribution in [0.2, 0.25) is 0 Å². The highest BCUT2D eigenvalue weighted by molar-refractivity contribution is 5.22. The smallest absolute Gasteiger partial charge is 0.122 e. The van der Waals surface area contributed by atoms with Crippen molar-refractivity contribution < 1.29 is 4.74 Å². The lowest BCUT2D eigenvalue weighted by Gasteiger charge is -2.12. The van der Waals surface area contributed by atoms with E-state index in [0.717, 1.165) is 37.6 Å². The Labute approximate surface area is 111 Å². The molecule has 1 unspecified atom stereocenters. The van der Waals surface area contributed by atoms with Crippen LogP contribution in [-0.4, -0.2) is 18.1 Å². The lowest BCUT2D eigenvalue weighted by atomic mass is 10.1. The van der Waals surface area contributed by atoms with Gasteiger partial charge in [-0.25, -0.2) is 0 Å². The molecule has 0 saturated heterocycles. The van der Waals surface area contributed by atoms with Crippen molar-refractivity contribution >= 4 is 0 Å². The van der Waals surface area contributed by atoms with Crippen LogP contribution >= 0.6 is 0 Å². The van der Waals surface area contributed by atoms with Crippen molar-refractivity contribution in [1.82, 2.24) is 10.3 Å². The van der Waals surface area contributed by atoms with Crippen LogP contribution in [0.3, 0.4) is 0 Å². The van der Waals surface area contributed by atoms with Crippen molar-refractivity contribution in [1.29, 1.82) is 0 Å². The van der Waals surface area contributed by atoms with Crippen LogP contribution in [0.4, 0.5) is 0 Å². The predicted octanol–water partition coefficient (Wildman–Crippen LogP) is 3.40. The zero-order valence-corrected chi connectivity index (χ0v) is 11.9. The molecule has 1 heterocycles. The second-order valence-electron chi connectivity index (χ2n) is 4.86. The van der Waals surface area contributed by atoms with Crippen molar-refractivity contribution in [2.75, 3.05) is 13.2 Å². The van der Waals surface area contributed by atoms with Crippen LogP contribution in [0, 0.1) is 5.92 Å². The third kappa shape index (κ3) is 6.01. The standard InChI is InChI=1S/C15H26N2O/c1-4-6-13(3)12-18-15-7-9-17-14(10-15)11-16-8-5-2/h7,9-10,13,16H,4-6,8,11-12H2,1-3H3. The fourth-order valence-corrected chi connectivity index (χ4v) is 1.85. The minimum atomic E-state index is 0.616. The molecule has 1 rings (SSSR count). The van der Waals surface area contributed by atoms with E-state index in [2.05, 4.69) is 31.1 Å². The summed E-state index contributed by atoms with van der Waals surface area (Å²) < 4.78 is 5.80. The third-order valence-electron chi connectivity index (χ3n) is 2.84. The highest BCUT2D eigenvalue weighted by Crippen LogP contribution is 2.13. The fraction of sp³-hybridized carbons (Fsp3) is 0.667. The Hall–Kier alpha value is -1.09. The van der Waals surface area contributed by atoms with Gasteiger partial charge in [0.05, 0.1) is 12.3 Å². The van der Waals surface area contributed by atoms with Crippen LogP contribution < -0.4 is 10.1 Å². The van der Waals surface area contributed by atoms with Crippen LogP contribution in [0.15, 0.2) is 18.3 Å². The summed E-state index contributed by atoms with van der Waals surface area (Å²) in [6.45, 7) is 9.24. The van der Waals surface area contributed by atoms with Gasteiger partial charge in [0.1, 0.15) is 5.75 Å². The first-order chi connectivity index (χ1) is 8.76. The van der Waals surface area contributed by atoms with Crippen LogP contribution in [-0.2, 0) is 6.54 Å². The van der Waals surface area contributed by atoms with Crippen LogP contribution in [0.25, 0.3) is 0 Å². The topological polar surface area (TPSA) is 34.1 Å². The van der Waals surface area contributed by atoms with E-state index in [1.165, 1.54) is 12.8 Å². The second kappa shape index (κ2) is 8.92. The first kappa shape index (κ1) is 15.0. The molecular formula is C15H26N2O. The van der Waals surface area contributed by atoms with E-state index in [9.17, 15) is 0 Å². The summed E-state index contributed by atoms with van der Waals surface area (Å²) in [4.78, 5) is 4.33. The van der Waals surface area contributed by atoms with Gasteiger partial charge >= 0.3 is 0 Å². The first-order valence-corrected chi connectivity index (χ1v) is 7.04. The summed E-state index contributed by atoms with van der Waals surface area (Å²) in [6.07, 6.45) is 5.40. The van der Waals surface area contributed by atoms with Gasteiger partial charge in [-0.1, -0.05) is 27.2 Å². The Bertz CT molecular complexity index is 328. The molecule has 1 aromatic heterocycles. The van der Waals surface area contributed by atoms with Gasteiger partial charge < -0.3 is 10.1 Å². The van der Waals surface area contributed by atoms with Gasteiger partial charge in [0, 0.05) is 18.8 Å². The van der Waals surface area contributed by atoms with Crippen molar-refractivity contribution in [3.8, 4) is 5.75 Å². The Kier molecular flexibility index (Phi) is 7.42. The lowest BCUT2D eigenvalue weighted by Crippen LogP contribution is -2.15. The first-order valence-electron chi connectivity index (χ1n) is 7.04.